The molecule has 0 amide bonds. The Balaban J connectivity index is 1.15. The second kappa shape index (κ2) is 11.0. The van der Waals surface area contributed by atoms with Gasteiger partial charge in [-0.05, 0) is 91.7 Å². The highest BCUT2D eigenvalue weighted by Gasteiger charge is 2.35. The van der Waals surface area contributed by atoms with E-state index in [1.807, 2.05) is 6.07 Å². The third kappa shape index (κ3) is 4.51. The van der Waals surface area contributed by atoms with Gasteiger partial charge in [0.25, 0.3) is 0 Å². The molecule has 10 rings (SSSR count). The van der Waals surface area contributed by atoms with Crippen LogP contribution in [0.1, 0.15) is 0 Å². The Morgan fingerprint density at radius 3 is 1.49 bits per heavy atom. The first-order chi connectivity index (χ1) is 24.3. The van der Waals surface area contributed by atoms with Gasteiger partial charge in [0, 0.05) is 0 Å². The summed E-state index contributed by atoms with van der Waals surface area (Å²) < 4.78 is 13.6. The molecule has 49 heavy (non-hydrogen) atoms. The zero-order valence-corrected chi connectivity index (χ0v) is 26.5. The molecule has 2 heterocycles. The fourth-order valence-corrected chi connectivity index (χ4v) is 7.34. The maximum Gasteiger partial charge on any atom is 0.156 e. The van der Waals surface area contributed by atoms with Gasteiger partial charge in [-0.15, -0.1) is 0 Å². The molecule has 8 aromatic rings. The zero-order valence-electron chi connectivity index (χ0n) is 26.5. The molecule has 0 aromatic heterocycles. The lowest BCUT2D eigenvalue weighted by molar-refractivity contribution is 0.446. The average molecular weight is 628 g/mol. The number of benzene rings is 8. The fourth-order valence-electron chi connectivity index (χ4n) is 7.34. The summed E-state index contributed by atoms with van der Waals surface area (Å²) in [5.74, 6) is 3.14. The van der Waals surface area contributed by atoms with Crippen LogP contribution in [0.15, 0.2) is 176 Å². The summed E-state index contributed by atoms with van der Waals surface area (Å²) in [5, 5.41) is 2.43. The normalized spacial score (nSPS) is 12.4. The molecule has 0 N–H and O–H groups in total. The number of fused-ring (bicyclic) bond motifs is 5. The van der Waals surface area contributed by atoms with Gasteiger partial charge >= 0.3 is 0 Å². The first kappa shape index (κ1) is 27.5. The molecular formula is C46H29NO2. The van der Waals surface area contributed by atoms with Gasteiger partial charge in [0.15, 0.2) is 23.0 Å². The van der Waals surface area contributed by atoms with Crippen molar-refractivity contribution in [3.63, 3.8) is 0 Å². The summed E-state index contributed by atoms with van der Waals surface area (Å²) in [4.78, 5) is 2.30. The van der Waals surface area contributed by atoms with E-state index in [0.29, 0.717) is 0 Å². The molecule has 0 saturated heterocycles. The van der Waals surface area contributed by atoms with Crippen LogP contribution >= 0.6 is 0 Å². The minimum atomic E-state index is 0.765. The van der Waals surface area contributed by atoms with Crippen LogP contribution < -0.4 is 14.4 Å². The molecule has 3 nitrogen and oxygen atoms in total. The minimum Gasteiger partial charge on any atom is -0.453 e. The second-order valence-electron chi connectivity index (χ2n) is 12.5. The van der Waals surface area contributed by atoms with Crippen molar-refractivity contribution in [1.29, 1.82) is 0 Å². The number of hydrogen-bond acceptors (Lipinski definition) is 3. The summed E-state index contributed by atoms with van der Waals surface area (Å²) >= 11 is 0. The molecule has 0 spiro atoms. The van der Waals surface area contributed by atoms with Crippen LogP contribution in [0.5, 0.6) is 23.0 Å². The van der Waals surface area contributed by atoms with E-state index in [9.17, 15) is 0 Å². The van der Waals surface area contributed by atoms with Gasteiger partial charge < -0.3 is 9.47 Å². The molecular weight excluding hydrogens is 599 g/mol. The van der Waals surface area contributed by atoms with Crippen LogP contribution in [0.2, 0.25) is 0 Å². The molecule has 0 atom stereocenters. The van der Waals surface area contributed by atoms with Crippen molar-refractivity contribution in [1.82, 2.24) is 0 Å². The van der Waals surface area contributed by atoms with E-state index in [-0.39, 0.29) is 0 Å². The monoisotopic (exact) mass is 627 g/mol. The number of ether oxygens (including phenoxy) is 2. The molecule has 0 aliphatic carbocycles. The smallest absolute Gasteiger partial charge is 0.156 e. The van der Waals surface area contributed by atoms with Gasteiger partial charge in [-0.3, -0.25) is 4.90 Å². The highest BCUT2D eigenvalue weighted by Crippen LogP contribution is 2.61. The van der Waals surface area contributed by atoms with Crippen molar-refractivity contribution in [2.45, 2.75) is 0 Å². The first-order valence-electron chi connectivity index (χ1n) is 16.6. The minimum absolute atomic E-state index is 0.765. The third-order valence-electron chi connectivity index (χ3n) is 9.64. The highest BCUT2D eigenvalue weighted by atomic mass is 16.5. The van der Waals surface area contributed by atoms with Crippen molar-refractivity contribution < 1.29 is 9.47 Å². The van der Waals surface area contributed by atoms with Crippen LogP contribution in [0.4, 0.5) is 17.1 Å². The van der Waals surface area contributed by atoms with Crippen LogP contribution in [-0.2, 0) is 0 Å². The Bertz CT molecular complexity index is 2550. The quantitative estimate of drug-likeness (QED) is 0.194. The van der Waals surface area contributed by atoms with Crippen LogP contribution in [0.25, 0.3) is 55.3 Å². The predicted molar refractivity (Wildman–Crippen MR) is 201 cm³/mol. The van der Waals surface area contributed by atoms with E-state index >= 15 is 0 Å². The van der Waals surface area contributed by atoms with E-state index < -0.39 is 0 Å². The van der Waals surface area contributed by atoms with Crippen molar-refractivity contribution in [2.75, 3.05) is 4.90 Å². The van der Waals surface area contributed by atoms with E-state index in [1.54, 1.807) is 0 Å². The van der Waals surface area contributed by atoms with Gasteiger partial charge in [-0.2, -0.15) is 0 Å². The summed E-state index contributed by atoms with van der Waals surface area (Å²) in [5.41, 5.74) is 11.9. The van der Waals surface area contributed by atoms with E-state index in [2.05, 4.69) is 175 Å². The van der Waals surface area contributed by atoms with E-state index in [1.165, 1.54) is 27.5 Å². The van der Waals surface area contributed by atoms with Gasteiger partial charge in [0.2, 0.25) is 0 Å². The third-order valence-corrected chi connectivity index (χ3v) is 9.64. The van der Waals surface area contributed by atoms with Gasteiger partial charge in [-0.25, -0.2) is 0 Å². The molecule has 230 valence electrons. The Morgan fingerprint density at radius 1 is 0.327 bits per heavy atom. The Morgan fingerprint density at radius 2 is 0.816 bits per heavy atom. The standard InChI is InChI=1S/C46H29NO2/c1-3-12-30(13-4-1)35-28-44-46-45(29-35)49-43-27-34(39-21-11-17-32-16-7-8-18-37(32)39)23-25-41(43)47(46)40-24-22-33(26-42(40)48-44)38-20-10-9-19-36(38)31-14-5-2-6-15-31/h1-29H. The Labute approximate surface area is 284 Å². The number of nitrogens with zero attached hydrogens (tertiary/aromatic N) is 1. The van der Waals surface area contributed by atoms with Gasteiger partial charge in [-0.1, -0.05) is 140 Å². The summed E-state index contributed by atoms with van der Waals surface area (Å²) in [6, 6.07) is 61.9. The van der Waals surface area contributed by atoms with E-state index in [0.717, 1.165) is 67.9 Å². The predicted octanol–water partition coefficient (Wildman–Crippen LogP) is 13.2. The van der Waals surface area contributed by atoms with Crippen molar-refractivity contribution >= 4 is 27.8 Å². The molecule has 0 saturated carbocycles. The molecule has 0 bridgehead atoms. The average Bonchev–Trinajstić information content (AvgIpc) is 3.17. The number of anilines is 3. The Kier molecular flexibility index (Phi) is 6.18. The van der Waals surface area contributed by atoms with E-state index in [4.69, 9.17) is 9.47 Å². The van der Waals surface area contributed by atoms with Gasteiger partial charge in [0.1, 0.15) is 5.69 Å². The van der Waals surface area contributed by atoms with Crippen molar-refractivity contribution in [2.24, 2.45) is 0 Å². The lowest BCUT2D eigenvalue weighted by atomic mass is 9.93. The van der Waals surface area contributed by atoms with Crippen molar-refractivity contribution in [3.8, 4) is 67.5 Å². The lowest BCUT2D eigenvalue weighted by Crippen LogP contribution is -2.20. The molecule has 2 aliphatic heterocycles. The molecule has 0 fully saturated rings. The fraction of sp³-hybridized carbons (Fsp3) is 0. The topological polar surface area (TPSA) is 21.7 Å². The maximum atomic E-state index is 6.83. The zero-order chi connectivity index (χ0) is 32.3. The summed E-state index contributed by atoms with van der Waals surface area (Å²) in [6.45, 7) is 0. The second-order valence-corrected chi connectivity index (χ2v) is 12.5. The highest BCUT2D eigenvalue weighted by molar-refractivity contribution is 6.00. The first-order valence-corrected chi connectivity index (χ1v) is 16.6. The SMILES string of the molecule is c1ccc(-c2cc3c4c(c2)Oc2cc(-c5cccc6ccccc56)ccc2N4c2ccc(-c4ccccc4-c4ccccc4)cc2O3)cc1. The number of rotatable bonds is 4. The summed E-state index contributed by atoms with van der Waals surface area (Å²) in [7, 11) is 0. The summed E-state index contributed by atoms with van der Waals surface area (Å²) in [6.07, 6.45) is 0. The molecule has 0 radical (unpaired) electrons. The van der Waals surface area contributed by atoms with Crippen LogP contribution in [-0.4, -0.2) is 0 Å². The van der Waals surface area contributed by atoms with Crippen LogP contribution in [0, 0.1) is 0 Å². The molecule has 3 heteroatoms. The molecule has 0 unspecified atom stereocenters. The maximum absolute atomic E-state index is 6.83. The Hall–Kier alpha value is -6.58. The molecule has 8 aromatic carbocycles. The van der Waals surface area contributed by atoms with Gasteiger partial charge in [0.05, 0.1) is 11.4 Å². The van der Waals surface area contributed by atoms with Crippen molar-refractivity contribution in [3.05, 3.63) is 176 Å². The lowest BCUT2D eigenvalue weighted by Gasteiger charge is -2.38. The number of hydrogen-bond donors (Lipinski definition) is 0. The van der Waals surface area contributed by atoms with Crippen LogP contribution in [0.3, 0.4) is 0 Å². The molecule has 2 aliphatic rings. The largest absolute Gasteiger partial charge is 0.453 e.